The normalized spacial score (nSPS) is 10.4. The molecule has 0 aromatic heterocycles. The molecule has 0 aliphatic rings. The van der Waals surface area contributed by atoms with Gasteiger partial charge in [0.2, 0.25) is 0 Å². The van der Waals surface area contributed by atoms with E-state index < -0.39 is 7.12 Å². The van der Waals surface area contributed by atoms with Gasteiger partial charge in [-0.15, -0.1) is 0 Å². The molecule has 0 heterocycles. The minimum absolute atomic E-state index is 0.476. The molecule has 16 heavy (non-hydrogen) atoms. The number of hydrogen-bond acceptors (Lipinski definition) is 4. The molecule has 0 bridgehead atoms. The third-order valence-electron chi connectivity index (χ3n) is 2.16. The first kappa shape index (κ1) is 13.2. The van der Waals surface area contributed by atoms with Crippen molar-refractivity contribution in [3.8, 4) is 0 Å². The Bertz CT molecular complexity index is 304. The highest BCUT2D eigenvalue weighted by molar-refractivity contribution is 6.58. The molecule has 4 nitrogen and oxygen atoms in total. The minimum atomic E-state index is -1.42. The van der Waals surface area contributed by atoms with E-state index in [9.17, 15) is 0 Å². The van der Waals surface area contributed by atoms with Crippen molar-refractivity contribution in [2.45, 2.75) is 13.0 Å². The van der Waals surface area contributed by atoms with Crippen LogP contribution in [0.1, 0.15) is 12.0 Å². The number of rotatable bonds is 7. The molecule has 0 spiro atoms. The molecule has 0 radical (unpaired) electrons. The van der Waals surface area contributed by atoms with Crippen LogP contribution in [0.3, 0.4) is 0 Å². The number of ether oxygens (including phenoxy) is 2. The lowest BCUT2D eigenvalue weighted by Crippen LogP contribution is -2.29. The lowest BCUT2D eigenvalue weighted by atomic mass is 9.80. The smallest absolute Gasteiger partial charge is 0.423 e. The van der Waals surface area contributed by atoms with Gasteiger partial charge in [0.05, 0.1) is 6.61 Å². The zero-order chi connectivity index (χ0) is 11.8. The summed E-state index contributed by atoms with van der Waals surface area (Å²) in [5.74, 6) is 0. The summed E-state index contributed by atoms with van der Waals surface area (Å²) in [6, 6.07) is 7.06. The van der Waals surface area contributed by atoms with Crippen molar-refractivity contribution in [3.05, 3.63) is 29.8 Å². The van der Waals surface area contributed by atoms with Crippen LogP contribution >= 0.6 is 0 Å². The average molecular weight is 224 g/mol. The average Bonchev–Trinajstić information content (AvgIpc) is 2.29. The largest absolute Gasteiger partial charge is 0.488 e. The monoisotopic (exact) mass is 224 g/mol. The standard InChI is InChI=1S/C11H17BO4/c1-15-6-3-7-16-9-10-4-2-5-11(8-10)12(13)14/h2,4-5,8,13-14H,3,6-7,9H2,1H3. The van der Waals surface area contributed by atoms with Gasteiger partial charge in [0.15, 0.2) is 0 Å². The van der Waals surface area contributed by atoms with Crippen molar-refractivity contribution >= 4 is 12.6 Å². The summed E-state index contributed by atoms with van der Waals surface area (Å²) in [6.45, 7) is 1.80. The zero-order valence-electron chi connectivity index (χ0n) is 9.43. The fourth-order valence-electron chi connectivity index (χ4n) is 1.34. The fourth-order valence-corrected chi connectivity index (χ4v) is 1.34. The Morgan fingerprint density at radius 3 is 2.75 bits per heavy atom. The van der Waals surface area contributed by atoms with Crippen LogP contribution in [0.15, 0.2) is 24.3 Å². The Kier molecular flexibility index (Phi) is 6.11. The second kappa shape index (κ2) is 7.41. The van der Waals surface area contributed by atoms with Crippen LogP contribution < -0.4 is 5.46 Å². The molecule has 1 aromatic rings. The van der Waals surface area contributed by atoms with E-state index >= 15 is 0 Å². The van der Waals surface area contributed by atoms with Crippen molar-refractivity contribution in [3.63, 3.8) is 0 Å². The highest BCUT2D eigenvalue weighted by Gasteiger charge is 2.10. The van der Waals surface area contributed by atoms with Gasteiger partial charge in [0.25, 0.3) is 0 Å². The van der Waals surface area contributed by atoms with Crippen LogP contribution in [0, 0.1) is 0 Å². The predicted octanol–water partition coefficient (Wildman–Crippen LogP) is -0.0805. The number of methoxy groups -OCH3 is 1. The van der Waals surface area contributed by atoms with Crippen molar-refractivity contribution in [1.82, 2.24) is 0 Å². The molecule has 1 rings (SSSR count). The summed E-state index contributed by atoms with van der Waals surface area (Å²) in [5, 5.41) is 18.0. The first-order valence-electron chi connectivity index (χ1n) is 5.25. The summed E-state index contributed by atoms with van der Waals surface area (Å²) >= 11 is 0. The van der Waals surface area contributed by atoms with Crippen LogP contribution in [0.25, 0.3) is 0 Å². The van der Waals surface area contributed by atoms with Crippen LogP contribution in [-0.2, 0) is 16.1 Å². The molecule has 2 N–H and O–H groups in total. The molecule has 5 heteroatoms. The Hall–Kier alpha value is -0.875. The van der Waals surface area contributed by atoms with Crippen LogP contribution in [0.4, 0.5) is 0 Å². The quantitative estimate of drug-likeness (QED) is 0.502. The molecular weight excluding hydrogens is 207 g/mol. The first-order valence-corrected chi connectivity index (χ1v) is 5.25. The molecule has 1 aromatic carbocycles. The van der Waals surface area contributed by atoms with Gasteiger partial charge in [-0.05, 0) is 17.4 Å². The highest BCUT2D eigenvalue weighted by Crippen LogP contribution is 2.00. The van der Waals surface area contributed by atoms with E-state index in [1.165, 1.54) is 0 Å². The Balaban J connectivity index is 2.33. The lowest BCUT2D eigenvalue weighted by Gasteiger charge is -2.06. The van der Waals surface area contributed by atoms with Crippen LogP contribution in [0.5, 0.6) is 0 Å². The summed E-state index contributed by atoms with van der Waals surface area (Å²) in [4.78, 5) is 0. The molecule has 88 valence electrons. The SMILES string of the molecule is COCCCOCc1cccc(B(O)O)c1. The second-order valence-corrected chi connectivity index (χ2v) is 3.52. The molecule has 0 amide bonds. The maximum absolute atomic E-state index is 8.99. The van der Waals surface area contributed by atoms with E-state index in [1.54, 1.807) is 25.3 Å². The van der Waals surface area contributed by atoms with Crippen molar-refractivity contribution < 1.29 is 19.5 Å². The van der Waals surface area contributed by atoms with Gasteiger partial charge in [-0.25, -0.2) is 0 Å². The first-order chi connectivity index (χ1) is 7.74. The molecule has 0 atom stereocenters. The molecule has 0 saturated carbocycles. The highest BCUT2D eigenvalue weighted by atomic mass is 16.5. The van der Waals surface area contributed by atoms with E-state index in [1.807, 2.05) is 6.07 Å². The predicted molar refractivity (Wildman–Crippen MR) is 62.4 cm³/mol. The molecule has 0 aliphatic heterocycles. The third kappa shape index (κ3) is 4.76. The van der Waals surface area contributed by atoms with E-state index in [2.05, 4.69) is 0 Å². The van der Waals surface area contributed by atoms with Gasteiger partial charge < -0.3 is 19.5 Å². The molecule has 0 saturated heterocycles. The number of benzene rings is 1. The maximum atomic E-state index is 8.99. The van der Waals surface area contributed by atoms with Crippen LogP contribution in [0.2, 0.25) is 0 Å². The lowest BCUT2D eigenvalue weighted by molar-refractivity contribution is 0.0929. The van der Waals surface area contributed by atoms with Crippen molar-refractivity contribution in [1.29, 1.82) is 0 Å². The fraction of sp³-hybridized carbons (Fsp3) is 0.455. The summed E-state index contributed by atoms with van der Waals surface area (Å²) in [5.41, 5.74) is 1.42. The minimum Gasteiger partial charge on any atom is -0.423 e. The van der Waals surface area contributed by atoms with Crippen molar-refractivity contribution in [2.75, 3.05) is 20.3 Å². The topological polar surface area (TPSA) is 58.9 Å². The van der Waals surface area contributed by atoms with Crippen LogP contribution in [-0.4, -0.2) is 37.5 Å². The van der Waals surface area contributed by atoms with Gasteiger partial charge in [0.1, 0.15) is 0 Å². The van der Waals surface area contributed by atoms with Gasteiger partial charge in [0, 0.05) is 20.3 Å². The molecular formula is C11H17BO4. The summed E-state index contributed by atoms with van der Waals surface area (Å²) in [6.07, 6.45) is 0.860. The Morgan fingerprint density at radius 2 is 2.06 bits per heavy atom. The van der Waals surface area contributed by atoms with E-state index in [4.69, 9.17) is 19.5 Å². The molecule has 0 aliphatic carbocycles. The second-order valence-electron chi connectivity index (χ2n) is 3.52. The molecule has 0 unspecified atom stereocenters. The van der Waals surface area contributed by atoms with E-state index in [0.717, 1.165) is 12.0 Å². The molecule has 0 fully saturated rings. The van der Waals surface area contributed by atoms with Gasteiger partial charge in [-0.3, -0.25) is 0 Å². The van der Waals surface area contributed by atoms with E-state index in [0.29, 0.717) is 25.3 Å². The van der Waals surface area contributed by atoms with Gasteiger partial charge in [-0.1, -0.05) is 24.3 Å². The van der Waals surface area contributed by atoms with Crippen molar-refractivity contribution in [2.24, 2.45) is 0 Å². The summed E-state index contributed by atoms with van der Waals surface area (Å²) < 4.78 is 10.3. The van der Waals surface area contributed by atoms with E-state index in [-0.39, 0.29) is 0 Å². The third-order valence-corrected chi connectivity index (χ3v) is 2.16. The van der Waals surface area contributed by atoms with Gasteiger partial charge in [-0.2, -0.15) is 0 Å². The number of hydrogen-bond donors (Lipinski definition) is 2. The maximum Gasteiger partial charge on any atom is 0.488 e. The Labute approximate surface area is 96.0 Å². The Morgan fingerprint density at radius 1 is 1.25 bits per heavy atom. The van der Waals surface area contributed by atoms with Gasteiger partial charge >= 0.3 is 7.12 Å². The zero-order valence-corrected chi connectivity index (χ0v) is 9.43. The summed E-state index contributed by atoms with van der Waals surface area (Å²) in [7, 11) is 0.236.